The predicted molar refractivity (Wildman–Crippen MR) is 48.8 cm³/mol. The molecule has 0 radical (unpaired) electrons. The minimum atomic E-state index is 0.772. The number of pyridine rings is 1. The largest absolute Gasteiger partial charge is 0.261 e. The molecule has 1 aliphatic rings. The van der Waals surface area contributed by atoms with E-state index >= 15 is 0 Å². The molecule has 0 amide bonds. The number of nitrogens with zero attached hydrogens (tertiary/aromatic N) is 1. The minimum absolute atomic E-state index is 0.772. The molecular weight excluding hydrogens is 202 g/mol. The van der Waals surface area contributed by atoms with Gasteiger partial charge in [-0.2, -0.15) is 0 Å². The first-order chi connectivity index (χ1) is 5.40. The van der Waals surface area contributed by atoms with Gasteiger partial charge >= 0.3 is 0 Å². The summed E-state index contributed by atoms with van der Waals surface area (Å²) in [6, 6.07) is 4.26. The van der Waals surface area contributed by atoms with Gasteiger partial charge < -0.3 is 0 Å². The van der Waals surface area contributed by atoms with Crippen molar-refractivity contribution in [2.24, 2.45) is 0 Å². The summed E-state index contributed by atoms with van der Waals surface area (Å²) < 4.78 is 0. The molecule has 1 saturated carbocycles. The summed E-state index contributed by atoms with van der Waals surface area (Å²) in [6.45, 7) is 0. The van der Waals surface area contributed by atoms with Crippen molar-refractivity contribution in [1.82, 2.24) is 4.98 Å². The van der Waals surface area contributed by atoms with Gasteiger partial charge in [-0.3, -0.25) is 4.98 Å². The van der Waals surface area contributed by atoms with Gasteiger partial charge in [0.1, 0.15) is 0 Å². The van der Waals surface area contributed by atoms with Crippen LogP contribution in [0, 0.1) is 0 Å². The molecule has 0 aliphatic heterocycles. The number of rotatable bonds is 2. The van der Waals surface area contributed by atoms with Gasteiger partial charge in [-0.25, -0.2) is 0 Å². The Bertz CT molecular complexity index is 255. The summed E-state index contributed by atoms with van der Waals surface area (Å²) in [6.07, 6.45) is 4.57. The molecule has 58 valence electrons. The monoisotopic (exact) mass is 211 g/mol. The Morgan fingerprint density at radius 2 is 2.36 bits per heavy atom. The molecule has 0 aromatic carbocycles. The van der Waals surface area contributed by atoms with E-state index in [0.717, 1.165) is 11.2 Å². The van der Waals surface area contributed by atoms with Crippen molar-refractivity contribution in [3.8, 4) is 0 Å². The molecule has 1 aliphatic carbocycles. The average molecular weight is 212 g/mol. The Morgan fingerprint density at radius 1 is 1.55 bits per heavy atom. The number of hydrogen-bond acceptors (Lipinski definition) is 1. The zero-order chi connectivity index (χ0) is 7.68. The standard InChI is InChI=1S/C9H10BrN/c10-6-7-3-4-11-9(5-7)8-1-2-8/h3-5,8H,1-2,6H2. The van der Waals surface area contributed by atoms with Crippen molar-refractivity contribution in [3.63, 3.8) is 0 Å². The van der Waals surface area contributed by atoms with Crippen molar-refractivity contribution >= 4 is 15.9 Å². The minimum Gasteiger partial charge on any atom is -0.261 e. The fraction of sp³-hybridized carbons (Fsp3) is 0.444. The lowest BCUT2D eigenvalue weighted by Gasteiger charge is -1.98. The highest BCUT2D eigenvalue weighted by molar-refractivity contribution is 9.08. The second-order valence-corrected chi connectivity index (χ2v) is 3.56. The fourth-order valence-corrected chi connectivity index (χ4v) is 1.53. The average Bonchev–Trinajstić information content (AvgIpc) is 2.87. The van der Waals surface area contributed by atoms with Gasteiger partial charge in [-0.05, 0) is 30.5 Å². The van der Waals surface area contributed by atoms with Crippen molar-refractivity contribution in [3.05, 3.63) is 29.6 Å². The molecule has 0 N–H and O–H groups in total. The fourth-order valence-electron chi connectivity index (χ4n) is 1.18. The summed E-state index contributed by atoms with van der Waals surface area (Å²) in [5.74, 6) is 0.772. The van der Waals surface area contributed by atoms with E-state index in [1.807, 2.05) is 6.20 Å². The maximum Gasteiger partial charge on any atom is 0.0437 e. The highest BCUT2D eigenvalue weighted by Crippen LogP contribution is 2.38. The predicted octanol–water partition coefficient (Wildman–Crippen LogP) is 2.85. The number of aromatic nitrogens is 1. The third-order valence-corrected chi connectivity index (χ3v) is 2.64. The van der Waals surface area contributed by atoms with E-state index in [2.05, 4.69) is 33.0 Å². The summed E-state index contributed by atoms with van der Waals surface area (Å²) in [5.41, 5.74) is 2.61. The van der Waals surface area contributed by atoms with Crippen LogP contribution in [0.3, 0.4) is 0 Å². The van der Waals surface area contributed by atoms with Crippen LogP contribution in [0.25, 0.3) is 0 Å². The van der Waals surface area contributed by atoms with E-state index in [4.69, 9.17) is 0 Å². The maximum atomic E-state index is 4.33. The molecule has 0 atom stereocenters. The van der Waals surface area contributed by atoms with Crippen molar-refractivity contribution in [2.45, 2.75) is 24.1 Å². The second kappa shape index (κ2) is 2.94. The summed E-state index contributed by atoms with van der Waals surface area (Å²) in [7, 11) is 0. The van der Waals surface area contributed by atoms with Crippen molar-refractivity contribution in [1.29, 1.82) is 0 Å². The Morgan fingerprint density at radius 3 is 3.00 bits per heavy atom. The molecule has 1 aromatic heterocycles. The zero-order valence-corrected chi connectivity index (χ0v) is 7.84. The lowest BCUT2D eigenvalue weighted by atomic mass is 10.2. The number of hydrogen-bond donors (Lipinski definition) is 0. The van der Waals surface area contributed by atoms with Gasteiger partial charge in [0, 0.05) is 23.1 Å². The summed E-state index contributed by atoms with van der Waals surface area (Å²) >= 11 is 3.43. The van der Waals surface area contributed by atoms with Gasteiger partial charge in [0.2, 0.25) is 0 Å². The zero-order valence-electron chi connectivity index (χ0n) is 6.26. The normalized spacial score (nSPS) is 16.8. The van der Waals surface area contributed by atoms with Gasteiger partial charge in [0.05, 0.1) is 0 Å². The lowest BCUT2D eigenvalue weighted by molar-refractivity contribution is 1.01. The van der Waals surface area contributed by atoms with E-state index in [1.165, 1.54) is 24.1 Å². The van der Waals surface area contributed by atoms with Crippen LogP contribution in [0.15, 0.2) is 18.3 Å². The molecule has 1 heterocycles. The number of halogens is 1. The quantitative estimate of drug-likeness (QED) is 0.687. The van der Waals surface area contributed by atoms with Crippen LogP contribution in [-0.4, -0.2) is 4.98 Å². The molecule has 2 rings (SSSR count). The van der Waals surface area contributed by atoms with E-state index in [-0.39, 0.29) is 0 Å². The van der Waals surface area contributed by atoms with E-state index in [1.54, 1.807) is 0 Å². The Kier molecular flexibility index (Phi) is 1.95. The van der Waals surface area contributed by atoms with Crippen molar-refractivity contribution < 1.29 is 0 Å². The van der Waals surface area contributed by atoms with Crippen LogP contribution < -0.4 is 0 Å². The molecule has 1 nitrogen and oxygen atoms in total. The van der Waals surface area contributed by atoms with Gasteiger partial charge in [0.15, 0.2) is 0 Å². The molecule has 0 saturated heterocycles. The van der Waals surface area contributed by atoms with Crippen LogP contribution in [0.5, 0.6) is 0 Å². The van der Waals surface area contributed by atoms with Crippen LogP contribution in [0.1, 0.15) is 30.0 Å². The first-order valence-corrected chi connectivity index (χ1v) is 5.03. The second-order valence-electron chi connectivity index (χ2n) is 3.00. The first-order valence-electron chi connectivity index (χ1n) is 3.91. The van der Waals surface area contributed by atoms with E-state index < -0.39 is 0 Å². The van der Waals surface area contributed by atoms with Gasteiger partial charge in [-0.15, -0.1) is 0 Å². The molecule has 1 aromatic rings. The van der Waals surface area contributed by atoms with Gasteiger partial charge in [-0.1, -0.05) is 15.9 Å². The summed E-state index contributed by atoms with van der Waals surface area (Å²) in [4.78, 5) is 4.33. The molecule has 0 bridgehead atoms. The van der Waals surface area contributed by atoms with Crippen LogP contribution in [0.4, 0.5) is 0 Å². The molecular formula is C9H10BrN. The first kappa shape index (κ1) is 7.29. The molecule has 2 heteroatoms. The Hall–Kier alpha value is -0.370. The Labute approximate surface area is 75.0 Å². The summed E-state index contributed by atoms with van der Waals surface area (Å²) in [5, 5.41) is 0.940. The lowest BCUT2D eigenvalue weighted by Crippen LogP contribution is -1.87. The van der Waals surface area contributed by atoms with E-state index in [9.17, 15) is 0 Å². The van der Waals surface area contributed by atoms with E-state index in [0.29, 0.717) is 0 Å². The molecule has 0 spiro atoms. The smallest absolute Gasteiger partial charge is 0.0437 e. The third kappa shape index (κ3) is 1.62. The number of alkyl halides is 1. The third-order valence-electron chi connectivity index (χ3n) is 2.00. The molecule has 0 unspecified atom stereocenters. The van der Waals surface area contributed by atoms with Crippen LogP contribution in [-0.2, 0) is 5.33 Å². The maximum absolute atomic E-state index is 4.33. The van der Waals surface area contributed by atoms with Gasteiger partial charge in [0.25, 0.3) is 0 Å². The highest BCUT2D eigenvalue weighted by Gasteiger charge is 2.24. The van der Waals surface area contributed by atoms with Crippen molar-refractivity contribution in [2.75, 3.05) is 0 Å². The van der Waals surface area contributed by atoms with Crippen LogP contribution in [0.2, 0.25) is 0 Å². The topological polar surface area (TPSA) is 12.9 Å². The SMILES string of the molecule is BrCc1ccnc(C2CC2)c1. The molecule has 1 fully saturated rings. The Balaban J connectivity index is 2.26. The van der Waals surface area contributed by atoms with Crippen LogP contribution >= 0.6 is 15.9 Å². The highest BCUT2D eigenvalue weighted by atomic mass is 79.9. The molecule has 11 heavy (non-hydrogen) atoms.